The van der Waals surface area contributed by atoms with Crippen molar-refractivity contribution >= 4 is 23.3 Å². The Labute approximate surface area is 248 Å². The fraction of sp³-hybridized carbons (Fsp3) is 0.613. The highest BCUT2D eigenvalue weighted by Crippen LogP contribution is 2.38. The van der Waals surface area contributed by atoms with Crippen molar-refractivity contribution in [1.29, 1.82) is 0 Å². The van der Waals surface area contributed by atoms with E-state index in [4.69, 9.17) is 14.8 Å². The number of nitrogens with zero attached hydrogens (tertiary/aromatic N) is 7. The first-order chi connectivity index (χ1) is 20.3. The van der Waals surface area contributed by atoms with Crippen molar-refractivity contribution in [3.8, 4) is 11.1 Å². The number of nitrogens with one attached hydrogen (secondary N) is 1. The molecule has 0 spiro atoms. The van der Waals surface area contributed by atoms with Crippen molar-refractivity contribution in [2.24, 2.45) is 0 Å². The highest BCUT2D eigenvalue weighted by molar-refractivity contribution is 5.82. The summed E-state index contributed by atoms with van der Waals surface area (Å²) in [5.41, 5.74) is 4.22. The second kappa shape index (κ2) is 13.2. The van der Waals surface area contributed by atoms with Crippen LogP contribution in [0.5, 0.6) is 0 Å². The van der Waals surface area contributed by atoms with Crippen LogP contribution in [-0.2, 0) is 4.74 Å². The summed E-state index contributed by atoms with van der Waals surface area (Å²) < 4.78 is 7.31. The number of carbonyl (C=O) groups excluding carboxylic acids is 1. The third-order valence-corrected chi connectivity index (χ3v) is 8.59. The van der Waals surface area contributed by atoms with Gasteiger partial charge in [-0.15, -0.1) is 5.10 Å². The van der Waals surface area contributed by atoms with Gasteiger partial charge in [-0.3, -0.25) is 0 Å². The molecule has 3 aromatic heterocycles. The second-order valence-electron chi connectivity index (χ2n) is 11.9. The standard InChI is InChI=1S/C31H46N8O3/c1-6-38(21(2)3)31(41)37-15-13-36(14-16-37)29-17-24(11-12-32-29)26-18-27(23-7-9-25(40)10-8-23)39-28(26)19-33-30(35-39)34-22(4)20-42-5/h11-12,17-19,21-23,25,40H,6-10,13-16,20H2,1-5H3,(H,34,35)/t22-,23?,25?/m0/s1. The zero-order valence-electron chi connectivity index (χ0n) is 25.7. The van der Waals surface area contributed by atoms with Crippen molar-refractivity contribution < 1.29 is 14.6 Å². The number of urea groups is 1. The minimum atomic E-state index is -0.220. The van der Waals surface area contributed by atoms with Crippen LogP contribution in [0.2, 0.25) is 0 Å². The first kappa shape index (κ1) is 30.0. The number of pyridine rings is 1. The van der Waals surface area contributed by atoms with Gasteiger partial charge in [-0.1, -0.05) is 0 Å². The molecule has 2 aliphatic rings. The number of aromatic nitrogens is 4. The summed E-state index contributed by atoms with van der Waals surface area (Å²) in [6.07, 6.45) is 6.99. The molecule has 4 heterocycles. The summed E-state index contributed by atoms with van der Waals surface area (Å²) in [6, 6.07) is 6.80. The van der Waals surface area contributed by atoms with Crippen LogP contribution in [0.15, 0.2) is 30.6 Å². The molecule has 5 rings (SSSR count). The molecule has 0 unspecified atom stereocenters. The number of hydrogen-bond donors (Lipinski definition) is 2. The smallest absolute Gasteiger partial charge is 0.320 e. The van der Waals surface area contributed by atoms with Gasteiger partial charge in [0.25, 0.3) is 0 Å². The Morgan fingerprint density at radius 1 is 1.12 bits per heavy atom. The van der Waals surface area contributed by atoms with Gasteiger partial charge in [-0.25, -0.2) is 19.3 Å². The van der Waals surface area contributed by atoms with Crippen molar-refractivity contribution in [2.75, 3.05) is 56.7 Å². The van der Waals surface area contributed by atoms with E-state index >= 15 is 0 Å². The molecule has 1 saturated heterocycles. The Kier molecular flexibility index (Phi) is 9.47. The molecule has 1 aliphatic carbocycles. The lowest BCUT2D eigenvalue weighted by atomic mass is 9.85. The SMILES string of the molecule is CCN(C(=O)N1CCN(c2cc(-c3cc(C4CCC(O)CC4)n4nc(N[C@@H](C)COC)ncc34)ccn2)CC1)C(C)C. The van der Waals surface area contributed by atoms with Crippen LogP contribution in [0.1, 0.15) is 65.0 Å². The van der Waals surface area contributed by atoms with E-state index in [9.17, 15) is 9.90 Å². The van der Waals surface area contributed by atoms with Gasteiger partial charge in [0.2, 0.25) is 5.95 Å². The number of amides is 2. The van der Waals surface area contributed by atoms with Gasteiger partial charge in [0.1, 0.15) is 5.82 Å². The Hall–Kier alpha value is -3.44. The number of methoxy groups -OCH3 is 1. The molecule has 228 valence electrons. The number of piperazine rings is 1. The zero-order chi connectivity index (χ0) is 29.8. The number of ether oxygens (including phenoxy) is 1. The van der Waals surface area contributed by atoms with Crippen LogP contribution in [0.25, 0.3) is 16.6 Å². The molecule has 1 saturated carbocycles. The maximum atomic E-state index is 13.0. The Bertz CT molecular complexity index is 1350. The third kappa shape index (κ3) is 6.47. The number of carbonyl (C=O) groups is 1. The van der Waals surface area contributed by atoms with Crippen molar-refractivity contribution in [2.45, 2.75) is 77.5 Å². The van der Waals surface area contributed by atoms with E-state index < -0.39 is 0 Å². The molecule has 42 heavy (non-hydrogen) atoms. The third-order valence-electron chi connectivity index (χ3n) is 8.59. The molecule has 0 radical (unpaired) electrons. The lowest BCUT2D eigenvalue weighted by Crippen LogP contribution is -2.54. The molecule has 2 fully saturated rings. The highest BCUT2D eigenvalue weighted by Gasteiger charge is 2.28. The van der Waals surface area contributed by atoms with Crippen LogP contribution < -0.4 is 10.2 Å². The molecule has 3 aromatic rings. The monoisotopic (exact) mass is 578 g/mol. The van der Waals surface area contributed by atoms with Crippen LogP contribution in [0, 0.1) is 0 Å². The van der Waals surface area contributed by atoms with E-state index in [2.05, 4.69) is 41.2 Å². The lowest BCUT2D eigenvalue weighted by molar-refractivity contribution is 0.121. The summed E-state index contributed by atoms with van der Waals surface area (Å²) in [5.74, 6) is 1.78. The quantitative estimate of drug-likeness (QED) is 0.388. The molecular formula is C31H46N8O3. The maximum absolute atomic E-state index is 13.0. The van der Waals surface area contributed by atoms with E-state index in [1.54, 1.807) is 7.11 Å². The fourth-order valence-corrected chi connectivity index (χ4v) is 6.28. The molecule has 1 atom stereocenters. The van der Waals surface area contributed by atoms with E-state index in [1.165, 1.54) is 0 Å². The number of hydrogen-bond acceptors (Lipinski definition) is 8. The molecular weight excluding hydrogens is 532 g/mol. The summed E-state index contributed by atoms with van der Waals surface area (Å²) in [4.78, 5) is 28.5. The van der Waals surface area contributed by atoms with E-state index in [1.807, 2.05) is 46.6 Å². The average molecular weight is 579 g/mol. The van der Waals surface area contributed by atoms with Gasteiger partial charge in [0.15, 0.2) is 0 Å². The predicted molar refractivity (Wildman–Crippen MR) is 165 cm³/mol. The van der Waals surface area contributed by atoms with E-state index in [0.29, 0.717) is 38.1 Å². The summed E-state index contributed by atoms with van der Waals surface area (Å²) in [7, 11) is 1.69. The molecule has 0 bridgehead atoms. The van der Waals surface area contributed by atoms with Gasteiger partial charge in [0.05, 0.1) is 24.4 Å². The fourth-order valence-electron chi connectivity index (χ4n) is 6.28. The molecule has 2 amide bonds. The maximum Gasteiger partial charge on any atom is 0.320 e. The van der Waals surface area contributed by atoms with Gasteiger partial charge >= 0.3 is 6.03 Å². The summed E-state index contributed by atoms with van der Waals surface area (Å²) in [5, 5.41) is 18.4. The summed E-state index contributed by atoms with van der Waals surface area (Å²) in [6.45, 7) is 12.3. The van der Waals surface area contributed by atoms with E-state index in [-0.39, 0.29) is 24.2 Å². The molecule has 0 aromatic carbocycles. The number of aliphatic hydroxyl groups excluding tert-OH is 1. The van der Waals surface area contributed by atoms with Crippen LogP contribution in [0.3, 0.4) is 0 Å². The number of anilines is 2. The van der Waals surface area contributed by atoms with Crippen molar-refractivity contribution in [1.82, 2.24) is 29.4 Å². The predicted octanol–water partition coefficient (Wildman–Crippen LogP) is 4.23. The number of fused-ring (bicyclic) bond motifs is 1. The minimum absolute atomic E-state index is 0.0738. The Morgan fingerprint density at radius 3 is 2.52 bits per heavy atom. The van der Waals surface area contributed by atoms with Crippen LogP contribution in [0.4, 0.5) is 16.6 Å². The van der Waals surface area contributed by atoms with Gasteiger partial charge in [0, 0.05) is 75.3 Å². The largest absolute Gasteiger partial charge is 0.393 e. The Balaban J connectivity index is 1.41. The van der Waals surface area contributed by atoms with Gasteiger partial charge in [-0.2, -0.15) is 0 Å². The van der Waals surface area contributed by atoms with Gasteiger partial charge < -0.3 is 29.9 Å². The average Bonchev–Trinajstić information content (AvgIpc) is 3.37. The van der Waals surface area contributed by atoms with Crippen molar-refractivity contribution in [3.63, 3.8) is 0 Å². The molecule has 11 nitrogen and oxygen atoms in total. The summed E-state index contributed by atoms with van der Waals surface area (Å²) >= 11 is 0. The van der Waals surface area contributed by atoms with Crippen LogP contribution >= 0.6 is 0 Å². The first-order valence-electron chi connectivity index (χ1n) is 15.4. The first-order valence-corrected chi connectivity index (χ1v) is 15.4. The minimum Gasteiger partial charge on any atom is -0.393 e. The molecule has 2 N–H and O–H groups in total. The van der Waals surface area contributed by atoms with Gasteiger partial charge in [-0.05, 0) is 77.1 Å². The number of aliphatic hydroxyl groups is 1. The highest BCUT2D eigenvalue weighted by atomic mass is 16.5. The van der Waals surface area contributed by atoms with Crippen molar-refractivity contribution in [3.05, 3.63) is 36.3 Å². The van der Waals surface area contributed by atoms with Crippen LogP contribution in [-0.4, -0.2) is 105 Å². The van der Waals surface area contributed by atoms with E-state index in [0.717, 1.165) is 66.9 Å². The lowest BCUT2D eigenvalue weighted by Gasteiger charge is -2.39. The Morgan fingerprint density at radius 2 is 1.86 bits per heavy atom. The normalized spacial score (nSPS) is 20.3. The molecule has 1 aliphatic heterocycles. The second-order valence-corrected chi connectivity index (χ2v) is 11.9. The zero-order valence-corrected chi connectivity index (χ0v) is 25.7. The topological polar surface area (TPSA) is 111 Å². The molecule has 11 heteroatoms. The number of rotatable bonds is 9.